The van der Waals surface area contributed by atoms with E-state index in [4.69, 9.17) is 0 Å². The molecule has 1 saturated carbocycles. The maximum atomic E-state index is 13.0. The first-order chi connectivity index (χ1) is 17.9. The van der Waals surface area contributed by atoms with Crippen LogP contribution >= 0.6 is 11.3 Å². The zero-order valence-corrected chi connectivity index (χ0v) is 20.9. The summed E-state index contributed by atoms with van der Waals surface area (Å²) < 4.78 is 3.37. The van der Waals surface area contributed by atoms with Crippen molar-refractivity contribution in [2.24, 2.45) is 18.9 Å². The number of carbonyl (C=O) groups excluding carboxylic acids is 2. The minimum atomic E-state index is -0.848. The average molecular weight is 522 g/mol. The molecule has 2 fully saturated rings. The lowest BCUT2D eigenvalue weighted by atomic mass is 10.3. The number of amides is 1. The summed E-state index contributed by atoms with van der Waals surface area (Å²) in [4.78, 5) is 69.2. The highest BCUT2D eigenvalue weighted by molar-refractivity contribution is 7.13. The molecule has 1 amide bonds. The Morgan fingerprint density at radius 1 is 1.22 bits per heavy atom. The van der Waals surface area contributed by atoms with E-state index in [1.54, 1.807) is 24.7 Å². The van der Waals surface area contributed by atoms with Gasteiger partial charge in [0.15, 0.2) is 11.2 Å². The molecule has 3 atom stereocenters. The van der Waals surface area contributed by atoms with Gasteiger partial charge in [0, 0.05) is 43.5 Å². The van der Waals surface area contributed by atoms with Gasteiger partial charge in [-0.05, 0) is 25.2 Å². The van der Waals surface area contributed by atoms with Crippen LogP contribution in [-0.2, 0) is 23.2 Å². The van der Waals surface area contributed by atoms with E-state index in [1.165, 1.54) is 40.3 Å². The summed E-state index contributed by atoms with van der Waals surface area (Å²) in [6.07, 6.45) is 6.60. The largest absolute Gasteiger partial charge is 0.340 e. The highest BCUT2D eigenvalue weighted by Gasteiger charge is 2.45. The average Bonchev–Trinajstić information content (AvgIpc) is 3.30. The van der Waals surface area contributed by atoms with Crippen molar-refractivity contribution in [3.63, 3.8) is 0 Å². The number of nitrogens with one attached hydrogen (secondary N) is 1. The molecule has 2 unspecified atom stereocenters. The summed E-state index contributed by atoms with van der Waals surface area (Å²) in [5.74, 6) is 2.24. The SMILES string of the molecule is C[C@@H](C(=O)Nc1csc(-c2cnc(N3CC4CC4C3)nc2)n1)n1cnc2c1c(=O)n(CC=O)c(=O)n2C. The molecule has 190 valence electrons. The molecule has 1 aliphatic heterocycles. The number of hydrogen-bond donors (Lipinski definition) is 1. The van der Waals surface area contributed by atoms with Crippen LogP contribution in [0.1, 0.15) is 19.4 Å². The van der Waals surface area contributed by atoms with Crippen molar-refractivity contribution in [1.82, 2.24) is 33.6 Å². The standard InChI is InChI=1S/C23H23N9O4S/c1-12(32-11-26-18-17(32)21(35)31(3-4-33)23(36)29(18)2)19(34)27-16-10-37-20(28-16)15-6-24-22(25-7-15)30-8-13-5-14(13)9-30/h4,6-7,10-14H,3,5,8-9H2,1-2H3,(H,27,34)/t12-,13?,14?/m0/s1. The number of thiazole rings is 1. The van der Waals surface area contributed by atoms with Crippen molar-refractivity contribution >= 4 is 46.5 Å². The number of fused-ring (bicyclic) bond motifs is 2. The van der Waals surface area contributed by atoms with Crippen LogP contribution in [0.5, 0.6) is 0 Å². The third-order valence-electron chi connectivity index (χ3n) is 7.01. The Morgan fingerprint density at radius 3 is 2.65 bits per heavy atom. The van der Waals surface area contributed by atoms with Gasteiger partial charge < -0.3 is 19.6 Å². The van der Waals surface area contributed by atoms with E-state index in [0.29, 0.717) is 17.1 Å². The van der Waals surface area contributed by atoms with E-state index in [1.807, 2.05) is 0 Å². The molecule has 6 rings (SSSR count). The number of nitrogens with zero attached hydrogens (tertiary/aromatic N) is 8. The summed E-state index contributed by atoms with van der Waals surface area (Å²) >= 11 is 1.35. The maximum absolute atomic E-state index is 13.0. The Kier molecular flexibility index (Phi) is 5.47. The van der Waals surface area contributed by atoms with E-state index < -0.39 is 29.7 Å². The van der Waals surface area contributed by atoms with Crippen LogP contribution in [0.3, 0.4) is 0 Å². The molecule has 5 heterocycles. The second-order valence-corrected chi connectivity index (χ2v) is 10.2. The number of piperidine rings is 1. The highest BCUT2D eigenvalue weighted by atomic mass is 32.1. The van der Waals surface area contributed by atoms with Gasteiger partial charge in [-0.15, -0.1) is 11.3 Å². The number of aromatic nitrogens is 7. The Labute approximate surface area is 213 Å². The van der Waals surface area contributed by atoms with Gasteiger partial charge >= 0.3 is 5.69 Å². The van der Waals surface area contributed by atoms with Crippen LogP contribution in [0.4, 0.5) is 11.8 Å². The fourth-order valence-electron chi connectivity index (χ4n) is 4.80. The van der Waals surface area contributed by atoms with Gasteiger partial charge in [0.1, 0.15) is 23.2 Å². The van der Waals surface area contributed by atoms with E-state index in [2.05, 4.69) is 30.2 Å². The fourth-order valence-corrected chi connectivity index (χ4v) is 5.52. The predicted molar refractivity (Wildman–Crippen MR) is 136 cm³/mol. The lowest BCUT2D eigenvalue weighted by Crippen LogP contribution is -2.40. The molecule has 13 nitrogen and oxygen atoms in total. The first-order valence-corrected chi connectivity index (χ1v) is 12.7. The normalized spacial score (nSPS) is 19.1. The zero-order chi connectivity index (χ0) is 25.8. The van der Waals surface area contributed by atoms with Gasteiger partial charge in [-0.25, -0.2) is 24.7 Å². The van der Waals surface area contributed by atoms with Crippen molar-refractivity contribution in [2.45, 2.75) is 25.9 Å². The second kappa shape index (κ2) is 8.73. The van der Waals surface area contributed by atoms with Crippen LogP contribution < -0.4 is 21.5 Å². The molecular formula is C23H23N9O4S. The lowest BCUT2D eigenvalue weighted by Gasteiger charge is -2.17. The second-order valence-electron chi connectivity index (χ2n) is 9.38. The van der Waals surface area contributed by atoms with Gasteiger partial charge in [-0.2, -0.15) is 0 Å². The molecular weight excluding hydrogens is 498 g/mol. The summed E-state index contributed by atoms with van der Waals surface area (Å²) in [5, 5.41) is 5.15. The number of imidazole rings is 1. The topological polar surface area (TPSA) is 150 Å². The predicted octanol–water partition coefficient (Wildman–Crippen LogP) is 0.665. The molecule has 14 heteroatoms. The molecule has 0 spiro atoms. The molecule has 37 heavy (non-hydrogen) atoms. The number of carbonyl (C=O) groups is 2. The molecule has 0 radical (unpaired) electrons. The van der Waals surface area contributed by atoms with Crippen molar-refractivity contribution in [1.29, 1.82) is 0 Å². The van der Waals surface area contributed by atoms with E-state index in [9.17, 15) is 19.2 Å². The van der Waals surface area contributed by atoms with E-state index >= 15 is 0 Å². The molecule has 4 aromatic rings. The third kappa shape index (κ3) is 3.93. The number of aldehydes is 1. The van der Waals surface area contributed by atoms with Gasteiger partial charge in [0.2, 0.25) is 11.9 Å². The maximum Gasteiger partial charge on any atom is 0.332 e. The Bertz CT molecular complexity index is 1640. The van der Waals surface area contributed by atoms with Crippen molar-refractivity contribution < 1.29 is 9.59 Å². The van der Waals surface area contributed by atoms with Gasteiger partial charge in [-0.1, -0.05) is 0 Å². The van der Waals surface area contributed by atoms with E-state index in [0.717, 1.165) is 41.0 Å². The van der Waals surface area contributed by atoms with Crippen LogP contribution in [0.15, 0.2) is 33.7 Å². The van der Waals surface area contributed by atoms with Gasteiger partial charge in [-0.3, -0.25) is 18.7 Å². The summed E-state index contributed by atoms with van der Waals surface area (Å²) in [6, 6.07) is -0.848. The molecule has 0 aromatic carbocycles. The first-order valence-electron chi connectivity index (χ1n) is 11.8. The fraction of sp³-hybridized carbons (Fsp3) is 0.391. The van der Waals surface area contributed by atoms with Crippen molar-refractivity contribution in [2.75, 3.05) is 23.3 Å². The Hall–Kier alpha value is -4.20. The molecule has 0 bridgehead atoms. The zero-order valence-electron chi connectivity index (χ0n) is 20.1. The first kappa shape index (κ1) is 23.2. The highest BCUT2D eigenvalue weighted by Crippen LogP contribution is 2.45. The third-order valence-corrected chi connectivity index (χ3v) is 7.91. The Morgan fingerprint density at radius 2 is 1.95 bits per heavy atom. The monoisotopic (exact) mass is 521 g/mol. The van der Waals surface area contributed by atoms with Crippen LogP contribution in [-0.4, -0.2) is 58.9 Å². The van der Waals surface area contributed by atoms with Crippen LogP contribution in [0.25, 0.3) is 21.7 Å². The molecule has 4 aromatic heterocycles. The summed E-state index contributed by atoms with van der Waals surface area (Å²) in [6.45, 7) is 3.25. The van der Waals surface area contributed by atoms with Crippen LogP contribution in [0.2, 0.25) is 0 Å². The van der Waals surface area contributed by atoms with Crippen molar-refractivity contribution in [3.05, 3.63) is 44.9 Å². The summed E-state index contributed by atoms with van der Waals surface area (Å²) in [7, 11) is 1.45. The number of anilines is 2. The van der Waals surface area contributed by atoms with E-state index in [-0.39, 0.29) is 11.2 Å². The van der Waals surface area contributed by atoms with Gasteiger partial charge in [0.05, 0.1) is 12.9 Å². The quantitative estimate of drug-likeness (QED) is 0.346. The Balaban J connectivity index is 1.20. The number of aryl methyl sites for hydroxylation is 1. The molecule has 1 saturated heterocycles. The van der Waals surface area contributed by atoms with Gasteiger partial charge in [0.25, 0.3) is 5.56 Å². The molecule has 2 aliphatic rings. The smallest absolute Gasteiger partial charge is 0.332 e. The number of rotatable bonds is 7. The minimum Gasteiger partial charge on any atom is -0.340 e. The minimum absolute atomic E-state index is 0.0538. The summed E-state index contributed by atoms with van der Waals surface area (Å²) in [5.41, 5.74) is -0.409. The van der Waals surface area contributed by atoms with Crippen molar-refractivity contribution in [3.8, 4) is 10.6 Å². The molecule has 1 aliphatic carbocycles. The van der Waals surface area contributed by atoms with Crippen LogP contribution in [0, 0.1) is 11.8 Å². The number of hydrogen-bond acceptors (Lipinski definition) is 10. The lowest BCUT2D eigenvalue weighted by molar-refractivity contribution is -0.118. The molecule has 1 N–H and O–H groups in total.